The molecule has 4 rings (SSSR count). The summed E-state index contributed by atoms with van der Waals surface area (Å²) in [5, 5.41) is 13.9. The number of H-pyrrole nitrogens is 1. The molecule has 0 bridgehead atoms. The molecule has 0 atom stereocenters. The predicted molar refractivity (Wildman–Crippen MR) is 89.7 cm³/mol. The Morgan fingerprint density at radius 3 is 2.84 bits per heavy atom. The predicted octanol–water partition coefficient (Wildman–Crippen LogP) is 2.82. The van der Waals surface area contributed by atoms with Gasteiger partial charge in [-0.25, -0.2) is 13.9 Å². The van der Waals surface area contributed by atoms with Crippen LogP contribution in [0.15, 0.2) is 48.8 Å². The van der Waals surface area contributed by atoms with Gasteiger partial charge in [-0.05, 0) is 30.7 Å². The molecule has 7 nitrogen and oxygen atoms in total. The fraction of sp³-hybridized carbons (Fsp3) is 0.0588. The zero-order chi connectivity index (χ0) is 17.4. The monoisotopic (exact) mass is 336 g/mol. The minimum Gasteiger partial charge on any atom is -0.303 e. The van der Waals surface area contributed by atoms with E-state index in [1.165, 1.54) is 16.6 Å². The first kappa shape index (κ1) is 15.0. The van der Waals surface area contributed by atoms with Crippen molar-refractivity contribution in [3.8, 4) is 11.1 Å². The molecule has 1 aromatic carbocycles. The number of aryl methyl sites for hydroxylation is 1. The van der Waals surface area contributed by atoms with E-state index in [0.717, 1.165) is 11.3 Å². The van der Waals surface area contributed by atoms with Crippen LogP contribution in [0.5, 0.6) is 0 Å². The van der Waals surface area contributed by atoms with Gasteiger partial charge in [0.2, 0.25) is 0 Å². The Labute approximate surface area is 141 Å². The van der Waals surface area contributed by atoms with Gasteiger partial charge in [0.25, 0.3) is 5.91 Å². The van der Waals surface area contributed by atoms with Crippen molar-refractivity contribution in [1.29, 1.82) is 0 Å². The molecule has 8 heteroatoms. The number of aromatic nitrogens is 5. The molecule has 3 aromatic heterocycles. The van der Waals surface area contributed by atoms with E-state index in [0.29, 0.717) is 17.0 Å². The molecule has 0 saturated heterocycles. The van der Waals surface area contributed by atoms with Crippen molar-refractivity contribution >= 4 is 17.4 Å². The summed E-state index contributed by atoms with van der Waals surface area (Å²) in [6.07, 6.45) is 3.34. The maximum Gasteiger partial charge on any atom is 0.277 e. The van der Waals surface area contributed by atoms with Gasteiger partial charge >= 0.3 is 0 Å². The van der Waals surface area contributed by atoms with Crippen LogP contribution < -0.4 is 5.32 Å². The molecule has 0 saturated carbocycles. The third-order valence-corrected chi connectivity index (χ3v) is 3.78. The summed E-state index contributed by atoms with van der Waals surface area (Å²) < 4.78 is 14.7. The molecule has 3 heterocycles. The van der Waals surface area contributed by atoms with E-state index in [1.54, 1.807) is 36.7 Å². The molecule has 0 spiro atoms. The van der Waals surface area contributed by atoms with Crippen LogP contribution in [0, 0.1) is 12.7 Å². The van der Waals surface area contributed by atoms with E-state index in [2.05, 4.69) is 25.6 Å². The van der Waals surface area contributed by atoms with Gasteiger partial charge in [0.15, 0.2) is 17.2 Å². The van der Waals surface area contributed by atoms with E-state index in [1.807, 2.05) is 6.92 Å². The molecule has 2 N–H and O–H groups in total. The summed E-state index contributed by atoms with van der Waals surface area (Å²) in [5.41, 5.74) is 3.02. The van der Waals surface area contributed by atoms with Gasteiger partial charge in [0.05, 0.1) is 0 Å². The summed E-state index contributed by atoms with van der Waals surface area (Å²) >= 11 is 0. The van der Waals surface area contributed by atoms with Crippen molar-refractivity contribution in [2.24, 2.45) is 0 Å². The minimum atomic E-state index is -0.402. The standard InChI is InChI=1S/C17H13FN6O/c1-10-15(11-3-5-12(18)6-4-11)16(22-21-10)20-17(25)13-9-14-19-7-2-8-24(14)23-13/h2-9H,1H3,(H2,20,21,22,25). The molecule has 25 heavy (non-hydrogen) atoms. The van der Waals surface area contributed by atoms with Crippen LogP contribution in [0.2, 0.25) is 0 Å². The molecule has 0 fully saturated rings. The van der Waals surface area contributed by atoms with Gasteiger partial charge in [0.1, 0.15) is 5.82 Å². The fourth-order valence-electron chi connectivity index (χ4n) is 2.60. The van der Waals surface area contributed by atoms with Gasteiger partial charge in [-0.3, -0.25) is 9.89 Å². The van der Waals surface area contributed by atoms with Gasteiger partial charge in [-0.15, -0.1) is 0 Å². The molecule has 0 aliphatic heterocycles. The van der Waals surface area contributed by atoms with Crippen LogP contribution in [-0.4, -0.2) is 30.7 Å². The SMILES string of the molecule is Cc1[nH]nc(NC(=O)c2cc3ncccn3n2)c1-c1ccc(F)cc1. The highest BCUT2D eigenvalue weighted by Crippen LogP contribution is 2.29. The van der Waals surface area contributed by atoms with Crippen molar-refractivity contribution in [2.45, 2.75) is 6.92 Å². The number of anilines is 1. The lowest BCUT2D eigenvalue weighted by Gasteiger charge is -2.05. The Morgan fingerprint density at radius 2 is 2.08 bits per heavy atom. The topological polar surface area (TPSA) is 88.0 Å². The maximum absolute atomic E-state index is 13.2. The molecule has 0 unspecified atom stereocenters. The second-order valence-electron chi connectivity index (χ2n) is 5.49. The second kappa shape index (κ2) is 5.82. The number of fused-ring (bicyclic) bond motifs is 1. The molecule has 1 amide bonds. The van der Waals surface area contributed by atoms with Gasteiger partial charge in [-0.1, -0.05) is 12.1 Å². The van der Waals surface area contributed by atoms with Crippen LogP contribution in [0.25, 0.3) is 16.8 Å². The van der Waals surface area contributed by atoms with Crippen molar-refractivity contribution in [1.82, 2.24) is 24.8 Å². The van der Waals surface area contributed by atoms with Crippen molar-refractivity contribution < 1.29 is 9.18 Å². The second-order valence-corrected chi connectivity index (χ2v) is 5.49. The van der Waals surface area contributed by atoms with Crippen LogP contribution in [-0.2, 0) is 0 Å². The van der Waals surface area contributed by atoms with Crippen LogP contribution in [0.3, 0.4) is 0 Å². The summed E-state index contributed by atoms with van der Waals surface area (Å²) in [6.45, 7) is 1.83. The Kier molecular flexibility index (Phi) is 3.50. The van der Waals surface area contributed by atoms with Gasteiger partial charge in [-0.2, -0.15) is 10.2 Å². The Balaban J connectivity index is 1.66. The number of hydrogen-bond donors (Lipinski definition) is 2. The lowest BCUT2D eigenvalue weighted by Crippen LogP contribution is -2.13. The third kappa shape index (κ3) is 2.74. The van der Waals surface area contributed by atoms with Crippen molar-refractivity contribution in [2.75, 3.05) is 5.32 Å². The summed E-state index contributed by atoms with van der Waals surface area (Å²) in [4.78, 5) is 16.6. The Hall–Kier alpha value is -3.55. The highest BCUT2D eigenvalue weighted by molar-refractivity contribution is 6.05. The first-order valence-corrected chi connectivity index (χ1v) is 7.54. The van der Waals surface area contributed by atoms with E-state index in [4.69, 9.17) is 0 Å². The number of nitrogens with one attached hydrogen (secondary N) is 2. The van der Waals surface area contributed by atoms with Crippen LogP contribution >= 0.6 is 0 Å². The average Bonchev–Trinajstić information content (AvgIpc) is 3.20. The van der Waals surface area contributed by atoms with E-state index in [9.17, 15) is 9.18 Å². The first-order chi connectivity index (χ1) is 12.1. The third-order valence-electron chi connectivity index (χ3n) is 3.78. The first-order valence-electron chi connectivity index (χ1n) is 7.54. The average molecular weight is 336 g/mol. The smallest absolute Gasteiger partial charge is 0.277 e. The summed E-state index contributed by atoms with van der Waals surface area (Å²) in [7, 11) is 0. The molecule has 0 aliphatic rings. The maximum atomic E-state index is 13.2. The molecule has 124 valence electrons. The van der Waals surface area contributed by atoms with Crippen molar-refractivity contribution in [3.63, 3.8) is 0 Å². The summed E-state index contributed by atoms with van der Waals surface area (Å²) in [6, 6.07) is 9.31. The number of carbonyl (C=O) groups excluding carboxylic acids is 1. The Bertz CT molecular complexity index is 1030. The zero-order valence-electron chi connectivity index (χ0n) is 13.2. The number of amides is 1. The quantitative estimate of drug-likeness (QED) is 0.602. The fourth-order valence-corrected chi connectivity index (χ4v) is 2.60. The largest absolute Gasteiger partial charge is 0.303 e. The number of rotatable bonds is 3. The number of hydrogen-bond acceptors (Lipinski definition) is 4. The molecule has 4 aromatic rings. The lowest BCUT2D eigenvalue weighted by molar-refractivity contribution is 0.102. The van der Waals surface area contributed by atoms with E-state index in [-0.39, 0.29) is 11.5 Å². The van der Waals surface area contributed by atoms with Gasteiger partial charge < -0.3 is 5.32 Å². The van der Waals surface area contributed by atoms with Crippen molar-refractivity contribution in [3.05, 3.63) is 66.0 Å². The molecular formula is C17H13FN6O. The minimum absolute atomic E-state index is 0.226. The number of halogens is 1. The van der Waals surface area contributed by atoms with E-state index < -0.39 is 5.91 Å². The molecule has 0 radical (unpaired) electrons. The number of carbonyl (C=O) groups is 1. The van der Waals surface area contributed by atoms with Gasteiger partial charge in [0, 0.05) is 29.7 Å². The van der Waals surface area contributed by atoms with E-state index >= 15 is 0 Å². The lowest BCUT2D eigenvalue weighted by atomic mass is 10.1. The normalized spacial score (nSPS) is 11.0. The van der Waals surface area contributed by atoms with Crippen LogP contribution in [0.1, 0.15) is 16.2 Å². The summed E-state index contributed by atoms with van der Waals surface area (Å²) in [5.74, 6) is -0.368. The number of aromatic amines is 1. The zero-order valence-corrected chi connectivity index (χ0v) is 13.2. The number of nitrogens with zero attached hydrogens (tertiary/aromatic N) is 4. The molecule has 0 aliphatic carbocycles. The van der Waals surface area contributed by atoms with Crippen LogP contribution in [0.4, 0.5) is 10.2 Å². The molecular weight excluding hydrogens is 323 g/mol. The highest BCUT2D eigenvalue weighted by Gasteiger charge is 2.18. The Morgan fingerprint density at radius 1 is 1.28 bits per heavy atom. The highest BCUT2D eigenvalue weighted by atomic mass is 19.1. The number of benzene rings is 1.